The first-order valence-electron chi connectivity index (χ1n) is 4.00. The van der Waals surface area contributed by atoms with Gasteiger partial charge in [0.15, 0.2) is 5.03 Å². The molecule has 0 N–H and O–H groups in total. The third kappa shape index (κ3) is 2.09. The molecule has 5 nitrogen and oxygen atoms in total. The number of nitriles is 1. The third-order valence-corrected chi connectivity index (χ3v) is 2.20. The molecule has 1 heterocycles. The molecule has 0 bridgehead atoms. The number of piperidine rings is 1. The number of rotatable bonds is 2. The SMILES string of the molecule is N#CCC1CCN([N+](=O)[O-])CC1. The quantitative estimate of drug-likeness (QED) is 0.453. The van der Waals surface area contributed by atoms with E-state index in [1.54, 1.807) is 0 Å². The molecule has 0 aromatic carbocycles. The van der Waals surface area contributed by atoms with Gasteiger partial charge in [0.05, 0.1) is 19.2 Å². The van der Waals surface area contributed by atoms with Crippen LogP contribution in [0, 0.1) is 27.4 Å². The molecule has 1 aliphatic heterocycles. The Labute approximate surface area is 70.7 Å². The van der Waals surface area contributed by atoms with E-state index in [-0.39, 0.29) is 5.03 Å². The lowest BCUT2D eigenvalue weighted by Crippen LogP contribution is -2.37. The average molecular weight is 169 g/mol. The van der Waals surface area contributed by atoms with Gasteiger partial charge in [-0.05, 0) is 18.8 Å². The van der Waals surface area contributed by atoms with E-state index in [2.05, 4.69) is 6.07 Å². The molecular formula is C7H11N3O2. The van der Waals surface area contributed by atoms with Crippen LogP contribution in [0.2, 0.25) is 0 Å². The third-order valence-electron chi connectivity index (χ3n) is 2.20. The highest BCUT2D eigenvalue weighted by molar-refractivity contribution is 4.78. The molecule has 0 atom stereocenters. The molecule has 12 heavy (non-hydrogen) atoms. The lowest BCUT2D eigenvalue weighted by atomic mass is 9.95. The van der Waals surface area contributed by atoms with Crippen LogP contribution in [0.25, 0.3) is 0 Å². The normalized spacial score (nSPS) is 18.8. The minimum Gasteiger partial charge on any atom is -0.235 e. The van der Waals surface area contributed by atoms with Crippen molar-refractivity contribution in [3.63, 3.8) is 0 Å². The first kappa shape index (κ1) is 8.78. The van der Waals surface area contributed by atoms with Gasteiger partial charge in [-0.3, -0.25) is 0 Å². The summed E-state index contributed by atoms with van der Waals surface area (Å²) in [6.07, 6.45) is 2.08. The van der Waals surface area contributed by atoms with Crippen molar-refractivity contribution in [1.82, 2.24) is 5.01 Å². The Morgan fingerprint density at radius 1 is 1.58 bits per heavy atom. The average Bonchev–Trinajstić information content (AvgIpc) is 2.06. The van der Waals surface area contributed by atoms with Crippen molar-refractivity contribution in [3.05, 3.63) is 10.1 Å². The van der Waals surface area contributed by atoms with Crippen LogP contribution >= 0.6 is 0 Å². The highest BCUT2D eigenvalue weighted by atomic mass is 16.7. The standard InChI is InChI=1S/C7H11N3O2/c8-4-1-7-2-5-9(6-3-7)10(11)12/h7H,1-3,5-6H2. The van der Waals surface area contributed by atoms with Gasteiger partial charge in [-0.2, -0.15) is 5.26 Å². The van der Waals surface area contributed by atoms with Gasteiger partial charge >= 0.3 is 0 Å². The van der Waals surface area contributed by atoms with Gasteiger partial charge in [0.1, 0.15) is 0 Å². The second kappa shape index (κ2) is 3.90. The maximum atomic E-state index is 10.3. The molecule has 0 unspecified atom stereocenters. The number of hydrogen-bond donors (Lipinski definition) is 0. The Morgan fingerprint density at radius 3 is 2.58 bits per heavy atom. The van der Waals surface area contributed by atoms with Crippen LogP contribution in [0.5, 0.6) is 0 Å². The summed E-state index contributed by atoms with van der Waals surface area (Å²) in [6.45, 7) is 0.971. The van der Waals surface area contributed by atoms with E-state index in [0.717, 1.165) is 12.8 Å². The molecule has 66 valence electrons. The van der Waals surface area contributed by atoms with Gasteiger partial charge in [0.2, 0.25) is 0 Å². The molecule has 0 aliphatic carbocycles. The van der Waals surface area contributed by atoms with Gasteiger partial charge < -0.3 is 0 Å². The highest BCUT2D eigenvalue weighted by Crippen LogP contribution is 2.19. The smallest absolute Gasteiger partial charge is 0.160 e. The molecular weight excluding hydrogens is 158 g/mol. The summed E-state index contributed by atoms with van der Waals surface area (Å²) in [5, 5.41) is 19.5. The number of hydrogen-bond acceptors (Lipinski definition) is 3. The van der Waals surface area contributed by atoms with Crippen LogP contribution in [0.3, 0.4) is 0 Å². The number of nitrogens with zero attached hydrogens (tertiary/aromatic N) is 3. The summed E-state index contributed by atoms with van der Waals surface area (Å²) in [5.41, 5.74) is 0. The molecule has 0 amide bonds. The predicted molar refractivity (Wildman–Crippen MR) is 41.5 cm³/mol. The summed E-state index contributed by atoms with van der Waals surface area (Å²) in [5.74, 6) is 0.367. The Kier molecular flexibility index (Phi) is 2.86. The van der Waals surface area contributed by atoms with Gasteiger partial charge in [0, 0.05) is 6.42 Å². The predicted octanol–water partition coefficient (Wildman–Crippen LogP) is 0.804. The fraction of sp³-hybridized carbons (Fsp3) is 0.857. The topological polar surface area (TPSA) is 70.2 Å². The van der Waals surface area contributed by atoms with E-state index in [4.69, 9.17) is 5.26 Å². The maximum Gasteiger partial charge on any atom is 0.160 e. The highest BCUT2D eigenvalue weighted by Gasteiger charge is 2.23. The Bertz CT molecular complexity index is 203. The van der Waals surface area contributed by atoms with Crippen molar-refractivity contribution in [2.75, 3.05) is 13.1 Å². The first-order chi connectivity index (χ1) is 5.74. The van der Waals surface area contributed by atoms with Crippen LogP contribution in [-0.2, 0) is 0 Å². The number of hydrazine groups is 1. The summed E-state index contributed by atoms with van der Waals surface area (Å²) in [4.78, 5) is 10.3. The monoisotopic (exact) mass is 169 g/mol. The summed E-state index contributed by atoms with van der Waals surface area (Å²) >= 11 is 0. The Balaban J connectivity index is 2.30. The molecule has 1 aliphatic rings. The van der Waals surface area contributed by atoms with Crippen LogP contribution in [-0.4, -0.2) is 23.1 Å². The number of nitro groups is 1. The van der Waals surface area contributed by atoms with Crippen molar-refractivity contribution in [3.8, 4) is 6.07 Å². The second-order valence-electron chi connectivity index (χ2n) is 3.00. The fourth-order valence-corrected chi connectivity index (χ4v) is 1.42. The fourth-order valence-electron chi connectivity index (χ4n) is 1.42. The molecule has 1 rings (SSSR count). The van der Waals surface area contributed by atoms with Crippen molar-refractivity contribution in [2.45, 2.75) is 19.3 Å². The molecule has 0 saturated carbocycles. The first-order valence-corrected chi connectivity index (χ1v) is 4.00. The zero-order valence-corrected chi connectivity index (χ0v) is 6.77. The minimum absolute atomic E-state index is 0.359. The van der Waals surface area contributed by atoms with Crippen molar-refractivity contribution >= 4 is 0 Å². The molecule has 0 radical (unpaired) electrons. The molecule has 0 aromatic rings. The lowest BCUT2D eigenvalue weighted by Gasteiger charge is -2.24. The van der Waals surface area contributed by atoms with E-state index in [1.807, 2.05) is 0 Å². The molecule has 0 spiro atoms. The van der Waals surface area contributed by atoms with Gasteiger partial charge in [-0.25, -0.2) is 10.1 Å². The molecule has 5 heteroatoms. The lowest BCUT2D eigenvalue weighted by molar-refractivity contribution is -0.658. The van der Waals surface area contributed by atoms with Crippen LogP contribution < -0.4 is 0 Å². The van der Waals surface area contributed by atoms with Crippen LogP contribution in [0.15, 0.2) is 0 Å². The summed E-state index contributed by atoms with van der Waals surface area (Å²) < 4.78 is 0. The molecule has 1 saturated heterocycles. The van der Waals surface area contributed by atoms with E-state index < -0.39 is 0 Å². The zero-order chi connectivity index (χ0) is 8.97. The maximum absolute atomic E-state index is 10.3. The Morgan fingerprint density at radius 2 is 2.17 bits per heavy atom. The second-order valence-corrected chi connectivity index (χ2v) is 3.00. The molecule has 0 aromatic heterocycles. The zero-order valence-electron chi connectivity index (χ0n) is 6.77. The van der Waals surface area contributed by atoms with Crippen molar-refractivity contribution in [2.24, 2.45) is 5.92 Å². The van der Waals surface area contributed by atoms with Crippen molar-refractivity contribution in [1.29, 1.82) is 5.26 Å². The minimum atomic E-state index is -0.359. The largest absolute Gasteiger partial charge is 0.235 e. The van der Waals surface area contributed by atoms with E-state index >= 15 is 0 Å². The van der Waals surface area contributed by atoms with E-state index in [1.165, 1.54) is 5.01 Å². The summed E-state index contributed by atoms with van der Waals surface area (Å²) in [6, 6.07) is 2.09. The van der Waals surface area contributed by atoms with Gasteiger partial charge in [0.25, 0.3) is 0 Å². The van der Waals surface area contributed by atoms with E-state index in [0.29, 0.717) is 25.4 Å². The van der Waals surface area contributed by atoms with Crippen LogP contribution in [0.4, 0.5) is 0 Å². The Hall–Kier alpha value is -1.31. The van der Waals surface area contributed by atoms with E-state index in [9.17, 15) is 10.1 Å². The summed E-state index contributed by atoms with van der Waals surface area (Å²) in [7, 11) is 0. The van der Waals surface area contributed by atoms with Crippen LogP contribution in [0.1, 0.15) is 19.3 Å². The van der Waals surface area contributed by atoms with Gasteiger partial charge in [-0.15, -0.1) is 5.01 Å². The van der Waals surface area contributed by atoms with Crippen molar-refractivity contribution < 1.29 is 5.03 Å². The molecule has 1 fully saturated rings. The van der Waals surface area contributed by atoms with Gasteiger partial charge in [-0.1, -0.05) is 0 Å².